The maximum atomic E-state index is 16.0. The van der Waals surface area contributed by atoms with Crippen LogP contribution in [0.1, 0.15) is 48.8 Å². The summed E-state index contributed by atoms with van der Waals surface area (Å²) in [6.45, 7) is 8.14. The molecule has 1 unspecified atom stereocenters. The van der Waals surface area contributed by atoms with Gasteiger partial charge in [-0.05, 0) is 73.0 Å². The number of carbonyl (C=O) groups is 1. The Kier molecular flexibility index (Phi) is 7.46. The minimum absolute atomic E-state index is 0.0855. The van der Waals surface area contributed by atoms with E-state index in [9.17, 15) is 14.3 Å². The Morgan fingerprint density at radius 3 is 2.73 bits per heavy atom. The van der Waals surface area contributed by atoms with Gasteiger partial charge >= 0.3 is 0 Å². The Balaban J connectivity index is 1.51. The number of ether oxygens (including phenoxy) is 1. The maximum Gasteiger partial charge on any atom is 0.246 e. The van der Waals surface area contributed by atoms with Crippen molar-refractivity contribution in [2.24, 2.45) is 0 Å². The van der Waals surface area contributed by atoms with Crippen molar-refractivity contribution in [3.05, 3.63) is 101 Å². The topological polar surface area (TPSA) is 75.6 Å². The molecule has 0 spiro atoms. The first-order valence-corrected chi connectivity index (χ1v) is 15.9. The van der Waals surface area contributed by atoms with Gasteiger partial charge in [0.25, 0.3) is 0 Å². The Morgan fingerprint density at radius 2 is 1.93 bits per heavy atom. The second-order valence-electron chi connectivity index (χ2n) is 11.8. The quantitative estimate of drug-likeness (QED) is 0.195. The van der Waals surface area contributed by atoms with Crippen LogP contribution in [0.2, 0.25) is 0 Å². The monoisotopic (exact) mass is 623 g/mol. The van der Waals surface area contributed by atoms with Gasteiger partial charge in [-0.1, -0.05) is 18.7 Å². The number of aryl methyl sites for hydroxylation is 1. The minimum atomic E-state index is -0.759. The summed E-state index contributed by atoms with van der Waals surface area (Å²) in [6.07, 6.45) is 4.26. The zero-order valence-electron chi connectivity index (χ0n) is 24.9. The summed E-state index contributed by atoms with van der Waals surface area (Å²) in [5, 5.41) is 13.4. The van der Waals surface area contributed by atoms with Crippen LogP contribution < -0.4 is 4.74 Å². The molecular formula is C36H31F2N3O3S. The van der Waals surface area contributed by atoms with Crippen molar-refractivity contribution < 1.29 is 23.4 Å². The highest BCUT2D eigenvalue weighted by molar-refractivity contribution is 7.18. The highest BCUT2D eigenvalue weighted by Gasteiger charge is 2.28. The van der Waals surface area contributed by atoms with Crippen LogP contribution in [0, 0.1) is 11.6 Å². The summed E-state index contributed by atoms with van der Waals surface area (Å²) < 4.78 is 37.4. The fraction of sp³-hybridized carbons (Fsp3) is 0.250. The van der Waals surface area contributed by atoms with Gasteiger partial charge in [0.1, 0.15) is 17.4 Å². The highest BCUT2D eigenvalue weighted by Crippen LogP contribution is 2.48. The summed E-state index contributed by atoms with van der Waals surface area (Å²) in [6, 6.07) is 12.0. The fourth-order valence-electron chi connectivity index (χ4n) is 6.43. The molecular weight excluding hydrogens is 592 g/mol. The Labute approximate surface area is 263 Å². The Morgan fingerprint density at radius 1 is 1.09 bits per heavy atom. The number of nitrogens with zero attached hydrogens (tertiary/aromatic N) is 3. The number of hydrogen-bond acceptors (Lipinski definition) is 6. The third-order valence-electron chi connectivity index (χ3n) is 8.50. The Hall–Kier alpha value is -4.47. The lowest BCUT2D eigenvalue weighted by molar-refractivity contribution is -0.126. The molecule has 7 rings (SSSR count). The van der Waals surface area contributed by atoms with Crippen molar-refractivity contribution in [1.82, 2.24) is 14.9 Å². The van der Waals surface area contributed by atoms with E-state index in [2.05, 4.69) is 6.58 Å². The number of hydrogen-bond donors (Lipinski definition) is 1. The van der Waals surface area contributed by atoms with Gasteiger partial charge < -0.3 is 14.7 Å². The molecule has 1 atom stereocenters. The normalized spacial score (nSPS) is 15.8. The third-order valence-corrected chi connectivity index (χ3v) is 9.44. The lowest BCUT2D eigenvalue weighted by Crippen LogP contribution is -2.35. The Bertz CT molecular complexity index is 2000. The average Bonchev–Trinajstić information content (AvgIpc) is 3.66. The van der Waals surface area contributed by atoms with Crippen LogP contribution in [0.5, 0.6) is 5.75 Å². The predicted octanol–water partition coefficient (Wildman–Crippen LogP) is 7.81. The molecule has 1 N–H and O–H groups in total. The largest absolute Gasteiger partial charge is 0.490 e. The molecule has 6 nitrogen and oxygen atoms in total. The van der Waals surface area contributed by atoms with E-state index in [1.165, 1.54) is 23.5 Å². The molecule has 2 aromatic carbocycles. The number of aromatic nitrogens is 2. The molecule has 9 heteroatoms. The first kappa shape index (κ1) is 29.3. The van der Waals surface area contributed by atoms with Crippen molar-refractivity contribution in [1.29, 1.82) is 0 Å². The first-order valence-electron chi connectivity index (χ1n) is 15.0. The lowest BCUT2D eigenvalue weighted by Gasteiger charge is -2.27. The maximum absolute atomic E-state index is 16.0. The van der Waals surface area contributed by atoms with E-state index in [0.29, 0.717) is 48.4 Å². The number of aliphatic hydroxyl groups excluding tert-OH is 1. The summed E-state index contributed by atoms with van der Waals surface area (Å²) in [4.78, 5) is 24.2. The van der Waals surface area contributed by atoms with Gasteiger partial charge in [0, 0.05) is 70.3 Å². The van der Waals surface area contributed by atoms with Gasteiger partial charge in [-0.3, -0.25) is 9.78 Å². The van der Waals surface area contributed by atoms with E-state index in [4.69, 9.17) is 14.7 Å². The summed E-state index contributed by atoms with van der Waals surface area (Å²) in [7, 11) is 0. The van der Waals surface area contributed by atoms with Crippen LogP contribution in [0.3, 0.4) is 0 Å². The molecule has 5 aromatic rings. The van der Waals surface area contributed by atoms with Crippen LogP contribution >= 0.6 is 11.3 Å². The van der Waals surface area contributed by atoms with E-state index < -0.39 is 17.7 Å². The smallest absolute Gasteiger partial charge is 0.246 e. The molecule has 1 aliphatic heterocycles. The van der Waals surface area contributed by atoms with Crippen molar-refractivity contribution in [2.75, 3.05) is 6.54 Å². The number of carbonyl (C=O) groups excluding carboxylic acids is 1. The molecule has 2 aliphatic rings. The van der Waals surface area contributed by atoms with E-state index in [1.54, 1.807) is 11.1 Å². The highest BCUT2D eigenvalue weighted by atomic mass is 32.1. The van der Waals surface area contributed by atoms with Crippen molar-refractivity contribution in [2.45, 2.75) is 51.9 Å². The number of pyridine rings is 2. The van der Waals surface area contributed by atoms with E-state index in [1.807, 2.05) is 49.6 Å². The second kappa shape index (κ2) is 11.5. The molecule has 1 amide bonds. The SMILES string of the molecule is C=CC(=O)N1CCc2ncc(-c3nc(-c4ccc5c(c4)C(O)CC5)c4ccsc4c3-c3c(F)cc(F)cc3OC(C)C)cc2C1. The first-order chi connectivity index (χ1) is 21.7. The number of aliphatic hydroxyl groups is 1. The number of benzene rings is 2. The number of thiophene rings is 1. The zero-order chi connectivity index (χ0) is 31.4. The fourth-order valence-corrected chi connectivity index (χ4v) is 7.37. The molecule has 0 saturated heterocycles. The molecule has 0 saturated carbocycles. The van der Waals surface area contributed by atoms with E-state index >= 15 is 4.39 Å². The van der Waals surface area contributed by atoms with Gasteiger partial charge in [-0.25, -0.2) is 13.8 Å². The van der Waals surface area contributed by atoms with Gasteiger partial charge in [-0.2, -0.15) is 0 Å². The third kappa shape index (κ3) is 5.19. The average molecular weight is 624 g/mol. The summed E-state index contributed by atoms with van der Waals surface area (Å²) in [5.41, 5.74) is 6.97. The number of halogens is 2. The number of rotatable bonds is 6. The van der Waals surface area contributed by atoms with Crippen LogP contribution in [-0.4, -0.2) is 38.5 Å². The summed E-state index contributed by atoms with van der Waals surface area (Å²) in [5.74, 6) is -1.57. The minimum Gasteiger partial charge on any atom is -0.490 e. The molecule has 45 heavy (non-hydrogen) atoms. The number of fused-ring (bicyclic) bond motifs is 3. The number of amides is 1. The molecule has 0 fully saturated rings. The van der Waals surface area contributed by atoms with E-state index in [-0.39, 0.29) is 23.3 Å². The van der Waals surface area contributed by atoms with Gasteiger partial charge in [0.2, 0.25) is 5.91 Å². The van der Waals surface area contributed by atoms with Crippen molar-refractivity contribution in [3.8, 4) is 39.4 Å². The molecule has 4 heterocycles. The molecule has 228 valence electrons. The van der Waals surface area contributed by atoms with Gasteiger partial charge in [0.05, 0.1) is 29.2 Å². The molecule has 3 aromatic heterocycles. The van der Waals surface area contributed by atoms with Crippen LogP contribution in [-0.2, 0) is 24.2 Å². The lowest BCUT2D eigenvalue weighted by atomic mass is 9.93. The summed E-state index contributed by atoms with van der Waals surface area (Å²) >= 11 is 1.44. The van der Waals surface area contributed by atoms with Crippen molar-refractivity contribution >= 4 is 27.3 Å². The predicted molar refractivity (Wildman–Crippen MR) is 172 cm³/mol. The second-order valence-corrected chi connectivity index (χ2v) is 12.7. The van der Waals surface area contributed by atoms with E-state index in [0.717, 1.165) is 50.5 Å². The van der Waals surface area contributed by atoms with Crippen molar-refractivity contribution in [3.63, 3.8) is 0 Å². The molecule has 0 bridgehead atoms. The molecule has 0 radical (unpaired) electrons. The molecule has 1 aliphatic carbocycles. The van der Waals surface area contributed by atoms with Crippen LogP contribution in [0.25, 0.3) is 43.7 Å². The van der Waals surface area contributed by atoms with Gasteiger partial charge in [0.15, 0.2) is 0 Å². The van der Waals surface area contributed by atoms with Gasteiger partial charge in [-0.15, -0.1) is 11.3 Å². The van der Waals surface area contributed by atoms with Crippen LogP contribution in [0.4, 0.5) is 8.78 Å². The zero-order valence-corrected chi connectivity index (χ0v) is 25.8. The van der Waals surface area contributed by atoms with Crippen LogP contribution in [0.15, 0.2) is 66.7 Å². The standard InChI is InChI=1S/C36H31F2N3O3S/c1-4-31(43)41-11-9-28-23(18-41)13-22(17-39-28)35-33(32-27(38)15-24(37)16-30(32)44-19(2)3)36-25(10-12-45-36)34(40-35)21-6-5-20-7-8-29(42)26(20)14-21/h4-6,10,12-17,19,29,42H,1,7-9,11,18H2,2-3H3.